The van der Waals surface area contributed by atoms with Crippen molar-refractivity contribution in [2.24, 2.45) is 4.99 Å². The van der Waals surface area contributed by atoms with Crippen LogP contribution in [0.5, 0.6) is 0 Å². The van der Waals surface area contributed by atoms with Gasteiger partial charge in [-0.1, -0.05) is 0 Å². The molecular weight excluding hydrogens is 415 g/mol. The van der Waals surface area contributed by atoms with Crippen molar-refractivity contribution in [1.82, 2.24) is 25.3 Å². The van der Waals surface area contributed by atoms with Gasteiger partial charge < -0.3 is 10.6 Å². The van der Waals surface area contributed by atoms with Crippen LogP contribution in [0.15, 0.2) is 4.99 Å². The van der Waals surface area contributed by atoms with Gasteiger partial charge in [-0.15, -0.1) is 24.0 Å². The Balaban J connectivity index is 0.00000169. The lowest BCUT2D eigenvalue weighted by Gasteiger charge is -2.47. The first-order valence-electron chi connectivity index (χ1n) is 9.57. The third kappa shape index (κ3) is 4.53. The second-order valence-corrected chi connectivity index (χ2v) is 7.57. The molecule has 1 saturated carbocycles. The number of piperazine rings is 3. The highest BCUT2D eigenvalue weighted by Gasteiger charge is 2.35. The summed E-state index contributed by atoms with van der Waals surface area (Å²) < 4.78 is 0. The maximum Gasteiger partial charge on any atom is 0.191 e. The van der Waals surface area contributed by atoms with Crippen LogP contribution in [-0.4, -0.2) is 97.7 Å². The van der Waals surface area contributed by atoms with Crippen molar-refractivity contribution in [3.8, 4) is 0 Å². The lowest BCUT2D eigenvalue weighted by molar-refractivity contribution is 0.0174. The minimum Gasteiger partial charge on any atom is -0.357 e. The summed E-state index contributed by atoms with van der Waals surface area (Å²) in [5.41, 5.74) is 0. The van der Waals surface area contributed by atoms with Gasteiger partial charge in [-0.2, -0.15) is 0 Å². The smallest absolute Gasteiger partial charge is 0.191 e. The highest BCUT2D eigenvalue weighted by molar-refractivity contribution is 14.0. The van der Waals surface area contributed by atoms with Crippen LogP contribution in [0, 0.1) is 0 Å². The van der Waals surface area contributed by atoms with Gasteiger partial charge in [0, 0.05) is 70.5 Å². The van der Waals surface area contributed by atoms with Crippen LogP contribution in [0.1, 0.15) is 26.2 Å². The molecule has 2 unspecified atom stereocenters. The van der Waals surface area contributed by atoms with Crippen LogP contribution in [0.3, 0.4) is 0 Å². The van der Waals surface area contributed by atoms with Crippen molar-refractivity contribution < 1.29 is 0 Å². The second kappa shape index (κ2) is 8.51. The molecule has 0 spiro atoms. The van der Waals surface area contributed by atoms with Gasteiger partial charge in [-0.3, -0.25) is 19.7 Å². The Morgan fingerprint density at radius 1 is 1.00 bits per heavy atom. The molecule has 2 bridgehead atoms. The average Bonchev–Trinajstić information content (AvgIpc) is 3.34. The second-order valence-electron chi connectivity index (χ2n) is 7.57. The zero-order valence-corrected chi connectivity index (χ0v) is 17.2. The zero-order valence-electron chi connectivity index (χ0n) is 14.9. The van der Waals surface area contributed by atoms with Gasteiger partial charge >= 0.3 is 0 Å². The molecule has 1 aliphatic carbocycles. The molecule has 2 atom stereocenters. The quantitative estimate of drug-likeness (QED) is 0.362. The van der Waals surface area contributed by atoms with E-state index in [0.29, 0.717) is 12.1 Å². The van der Waals surface area contributed by atoms with Crippen LogP contribution in [0.2, 0.25) is 0 Å². The van der Waals surface area contributed by atoms with E-state index < -0.39 is 0 Å². The number of fused-ring (bicyclic) bond motifs is 3. The Hall–Kier alpha value is -0.120. The van der Waals surface area contributed by atoms with Crippen LogP contribution >= 0.6 is 24.0 Å². The van der Waals surface area contributed by atoms with E-state index in [4.69, 9.17) is 4.99 Å². The number of nitrogens with zero attached hydrogens (tertiary/aromatic N) is 4. The van der Waals surface area contributed by atoms with E-state index in [2.05, 4.69) is 32.3 Å². The molecule has 5 aliphatic rings. The summed E-state index contributed by atoms with van der Waals surface area (Å²) in [7, 11) is 0. The Bertz CT molecular complexity index is 433. The van der Waals surface area contributed by atoms with E-state index in [1.165, 1.54) is 65.1 Å². The van der Waals surface area contributed by atoms with Crippen LogP contribution < -0.4 is 10.6 Å². The van der Waals surface area contributed by atoms with Crippen molar-refractivity contribution in [1.29, 1.82) is 0 Å². The van der Waals surface area contributed by atoms with E-state index in [0.717, 1.165) is 25.1 Å². The van der Waals surface area contributed by atoms with Gasteiger partial charge in [0.1, 0.15) is 0 Å². The van der Waals surface area contributed by atoms with Crippen molar-refractivity contribution in [2.45, 2.75) is 44.3 Å². The minimum atomic E-state index is 0. The molecule has 0 aromatic rings. The van der Waals surface area contributed by atoms with Crippen molar-refractivity contribution >= 4 is 29.9 Å². The molecule has 138 valence electrons. The lowest BCUT2D eigenvalue weighted by Crippen LogP contribution is -2.62. The Morgan fingerprint density at radius 2 is 1.79 bits per heavy atom. The van der Waals surface area contributed by atoms with Crippen molar-refractivity contribution in [2.75, 3.05) is 58.9 Å². The molecule has 4 aliphatic heterocycles. The molecule has 7 heteroatoms. The third-order valence-electron chi connectivity index (χ3n) is 5.82. The maximum absolute atomic E-state index is 4.91. The first-order chi connectivity index (χ1) is 11.3. The molecule has 6 nitrogen and oxygen atoms in total. The normalized spacial score (nSPS) is 36.5. The number of hydrogen-bond donors (Lipinski definition) is 2. The summed E-state index contributed by atoms with van der Waals surface area (Å²) in [4.78, 5) is 12.8. The molecule has 2 N–H and O–H groups in total. The first-order valence-corrected chi connectivity index (χ1v) is 9.57. The van der Waals surface area contributed by atoms with Crippen molar-refractivity contribution in [3.63, 3.8) is 0 Å². The predicted molar refractivity (Wildman–Crippen MR) is 109 cm³/mol. The average molecular weight is 448 g/mol. The van der Waals surface area contributed by atoms with Gasteiger partial charge in [-0.05, 0) is 26.2 Å². The maximum atomic E-state index is 4.91. The first kappa shape index (κ1) is 18.7. The zero-order chi connectivity index (χ0) is 15.6. The van der Waals surface area contributed by atoms with E-state index >= 15 is 0 Å². The number of hydrogen-bond acceptors (Lipinski definition) is 4. The molecule has 4 heterocycles. The molecule has 0 aromatic carbocycles. The summed E-state index contributed by atoms with van der Waals surface area (Å²) in [6.45, 7) is 12.6. The lowest BCUT2D eigenvalue weighted by atomic mass is 10.1. The molecule has 5 fully saturated rings. The van der Waals surface area contributed by atoms with Crippen LogP contribution in [0.25, 0.3) is 0 Å². The predicted octanol–water partition coefficient (Wildman–Crippen LogP) is 0.396. The fourth-order valence-corrected chi connectivity index (χ4v) is 4.28. The molecule has 0 radical (unpaired) electrons. The SMILES string of the molecule is CCNC(=NCC1CN2CCN1CC2)NC1CCN(C2CC2)C1.I. The van der Waals surface area contributed by atoms with Gasteiger partial charge in [0.15, 0.2) is 5.96 Å². The standard InChI is InChI=1S/C17H32N6.HI/c1-2-18-17(20-14-5-6-23(12-14)15-3-4-15)19-11-16-13-21-7-9-22(16)10-8-21;/h14-16H,2-13H2,1H3,(H2,18,19,20);1H. The Morgan fingerprint density at radius 3 is 2.42 bits per heavy atom. The number of likely N-dealkylation sites (tertiary alicyclic amines) is 1. The fourth-order valence-electron chi connectivity index (χ4n) is 4.28. The summed E-state index contributed by atoms with van der Waals surface area (Å²) in [6, 6.07) is 2.07. The summed E-state index contributed by atoms with van der Waals surface area (Å²) >= 11 is 0. The van der Waals surface area contributed by atoms with E-state index in [1.807, 2.05) is 0 Å². The number of rotatable bonds is 5. The topological polar surface area (TPSA) is 46.1 Å². The number of halogens is 1. The van der Waals surface area contributed by atoms with Gasteiger partial charge in [-0.25, -0.2) is 0 Å². The minimum absolute atomic E-state index is 0. The number of guanidine groups is 1. The Kier molecular flexibility index (Phi) is 6.62. The highest BCUT2D eigenvalue weighted by Crippen LogP contribution is 2.29. The molecular formula is C17H33IN6. The monoisotopic (exact) mass is 448 g/mol. The van der Waals surface area contributed by atoms with Gasteiger partial charge in [0.05, 0.1) is 6.54 Å². The Labute approximate surface area is 163 Å². The molecule has 0 aromatic heterocycles. The van der Waals surface area contributed by atoms with Crippen LogP contribution in [0.4, 0.5) is 0 Å². The van der Waals surface area contributed by atoms with Crippen molar-refractivity contribution in [3.05, 3.63) is 0 Å². The largest absolute Gasteiger partial charge is 0.357 e. The number of aliphatic imine (C=N–C) groups is 1. The van der Waals surface area contributed by atoms with Crippen LogP contribution in [-0.2, 0) is 0 Å². The van der Waals surface area contributed by atoms with Gasteiger partial charge in [0.2, 0.25) is 0 Å². The molecule has 4 saturated heterocycles. The molecule has 5 rings (SSSR count). The summed E-state index contributed by atoms with van der Waals surface area (Å²) in [5.74, 6) is 1.02. The fraction of sp³-hybridized carbons (Fsp3) is 0.941. The number of nitrogens with one attached hydrogen (secondary N) is 2. The molecule has 0 amide bonds. The third-order valence-corrected chi connectivity index (χ3v) is 5.82. The van der Waals surface area contributed by atoms with E-state index in [9.17, 15) is 0 Å². The molecule has 24 heavy (non-hydrogen) atoms. The van der Waals surface area contributed by atoms with Gasteiger partial charge in [0.25, 0.3) is 0 Å². The summed E-state index contributed by atoms with van der Waals surface area (Å²) in [5, 5.41) is 7.12. The summed E-state index contributed by atoms with van der Waals surface area (Å²) in [6.07, 6.45) is 4.08. The van der Waals surface area contributed by atoms with E-state index in [-0.39, 0.29) is 24.0 Å². The highest BCUT2D eigenvalue weighted by atomic mass is 127. The van der Waals surface area contributed by atoms with E-state index in [1.54, 1.807) is 0 Å².